The number of rotatable bonds is 4. The third kappa shape index (κ3) is 4.78. The van der Waals surface area contributed by atoms with E-state index in [2.05, 4.69) is 5.32 Å². The van der Waals surface area contributed by atoms with E-state index in [4.69, 9.17) is 5.73 Å². The molecule has 4 nitrogen and oxygen atoms in total. The zero-order valence-corrected chi connectivity index (χ0v) is 12.3. The van der Waals surface area contributed by atoms with Gasteiger partial charge in [0.05, 0.1) is 18.2 Å². The normalized spacial score (nSPS) is 23.5. The summed E-state index contributed by atoms with van der Waals surface area (Å²) in [4.78, 5) is 12.0. The van der Waals surface area contributed by atoms with E-state index in [0.29, 0.717) is 6.42 Å². The molecule has 0 radical (unpaired) electrons. The van der Waals surface area contributed by atoms with Gasteiger partial charge in [-0.25, -0.2) is 0 Å². The van der Waals surface area contributed by atoms with Crippen LogP contribution in [0.5, 0.6) is 0 Å². The summed E-state index contributed by atoms with van der Waals surface area (Å²) in [6.45, 7) is 0. The Morgan fingerprint density at radius 2 is 1.95 bits per heavy atom. The zero-order chi connectivity index (χ0) is 13.7. The first kappa shape index (κ1) is 17.0. The molecule has 112 valence electrons. The second-order valence-electron chi connectivity index (χ2n) is 5.26. The van der Waals surface area contributed by atoms with Crippen LogP contribution in [0.1, 0.15) is 31.2 Å². The largest absolute Gasteiger partial charge is 0.391 e. The zero-order valence-electron chi connectivity index (χ0n) is 11.5. The number of halogens is 1. The molecule has 20 heavy (non-hydrogen) atoms. The minimum absolute atomic E-state index is 0. The van der Waals surface area contributed by atoms with Crippen molar-refractivity contribution in [1.82, 2.24) is 5.32 Å². The smallest absolute Gasteiger partial charge is 0.237 e. The first-order valence-electron chi connectivity index (χ1n) is 6.95. The summed E-state index contributed by atoms with van der Waals surface area (Å²) in [6, 6.07) is 9.04. The van der Waals surface area contributed by atoms with Gasteiger partial charge in [0.2, 0.25) is 5.91 Å². The summed E-state index contributed by atoms with van der Waals surface area (Å²) in [5.74, 6) is -0.171. The molecule has 1 aromatic carbocycles. The van der Waals surface area contributed by atoms with Gasteiger partial charge >= 0.3 is 0 Å². The fraction of sp³-hybridized carbons (Fsp3) is 0.533. The number of benzene rings is 1. The summed E-state index contributed by atoms with van der Waals surface area (Å²) in [6.07, 6.45) is 3.78. The molecule has 3 atom stereocenters. The van der Waals surface area contributed by atoms with Gasteiger partial charge in [0.15, 0.2) is 0 Å². The molecular weight excluding hydrogens is 276 g/mol. The molecule has 1 saturated carbocycles. The molecule has 1 aromatic rings. The molecule has 0 aromatic heterocycles. The predicted molar refractivity (Wildman–Crippen MR) is 81.8 cm³/mol. The van der Waals surface area contributed by atoms with Crippen LogP contribution in [-0.2, 0) is 11.2 Å². The van der Waals surface area contributed by atoms with Crippen molar-refractivity contribution in [3.8, 4) is 0 Å². The van der Waals surface area contributed by atoms with Gasteiger partial charge in [-0.2, -0.15) is 0 Å². The van der Waals surface area contributed by atoms with E-state index in [1.54, 1.807) is 0 Å². The monoisotopic (exact) mass is 298 g/mol. The standard InChI is InChI=1S/C15H22N2O2.ClH/c16-12(10-11-6-2-1-3-7-11)15(19)17-13-8-4-5-9-14(13)18;/h1-3,6-7,12-14,18H,4-5,8-10,16H2,(H,17,19);1H/t12-,13-,14-;/m0./s1. The van der Waals surface area contributed by atoms with Crippen molar-refractivity contribution in [2.45, 2.75) is 50.3 Å². The number of amides is 1. The summed E-state index contributed by atoms with van der Waals surface area (Å²) in [5.41, 5.74) is 6.97. The van der Waals surface area contributed by atoms with Gasteiger partial charge in [-0.3, -0.25) is 4.79 Å². The molecule has 2 rings (SSSR count). The second kappa shape index (κ2) is 8.25. The predicted octanol–water partition coefficient (Wildman–Crippen LogP) is 1.40. The first-order valence-corrected chi connectivity index (χ1v) is 6.95. The molecule has 1 aliphatic carbocycles. The Bertz CT molecular complexity index is 414. The van der Waals surface area contributed by atoms with Crippen molar-refractivity contribution in [1.29, 1.82) is 0 Å². The average Bonchev–Trinajstić information content (AvgIpc) is 2.42. The van der Waals surface area contributed by atoms with Crippen LogP contribution in [0.3, 0.4) is 0 Å². The van der Waals surface area contributed by atoms with Gasteiger partial charge in [-0.1, -0.05) is 43.2 Å². The molecular formula is C15H23ClN2O2. The van der Waals surface area contributed by atoms with Crippen molar-refractivity contribution >= 4 is 18.3 Å². The fourth-order valence-corrected chi connectivity index (χ4v) is 2.53. The summed E-state index contributed by atoms with van der Waals surface area (Å²) < 4.78 is 0. The highest BCUT2D eigenvalue weighted by molar-refractivity contribution is 5.85. The molecule has 0 saturated heterocycles. The number of hydrogen-bond donors (Lipinski definition) is 3. The number of nitrogens with one attached hydrogen (secondary N) is 1. The molecule has 1 amide bonds. The molecule has 5 heteroatoms. The summed E-state index contributed by atoms with van der Waals surface area (Å²) >= 11 is 0. The van der Waals surface area contributed by atoms with Crippen molar-refractivity contribution in [3.63, 3.8) is 0 Å². The van der Waals surface area contributed by atoms with Crippen LogP contribution in [0.2, 0.25) is 0 Å². The van der Waals surface area contributed by atoms with E-state index in [0.717, 1.165) is 31.2 Å². The highest BCUT2D eigenvalue weighted by Gasteiger charge is 2.26. The van der Waals surface area contributed by atoms with Crippen LogP contribution in [0.4, 0.5) is 0 Å². The van der Waals surface area contributed by atoms with E-state index in [-0.39, 0.29) is 24.4 Å². The van der Waals surface area contributed by atoms with Crippen LogP contribution >= 0.6 is 12.4 Å². The van der Waals surface area contributed by atoms with Crippen LogP contribution in [0.25, 0.3) is 0 Å². The number of carbonyl (C=O) groups excluding carboxylic acids is 1. The van der Waals surface area contributed by atoms with Gasteiger partial charge in [0, 0.05) is 0 Å². The quantitative estimate of drug-likeness (QED) is 0.786. The lowest BCUT2D eigenvalue weighted by Gasteiger charge is -2.29. The van der Waals surface area contributed by atoms with E-state index in [1.165, 1.54) is 0 Å². The maximum atomic E-state index is 12.0. The maximum Gasteiger partial charge on any atom is 0.237 e. The average molecular weight is 299 g/mol. The first-order chi connectivity index (χ1) is 9.16. The van der Waals surface area contributed by atoms with Crippen molar-refractivity contribution in [2.75, 3.05) is 0 Å². The minimum Gasteiger partial charge on any atom is -0.391 e. The maximum absolute atomic E-state index is 12.0. The van der Waals surface area contributed by atoms with E-state index in [9.17, 15) is 9.90 Å². The van der Waals surface area contributed by atoms with Gasteiger partial charge < -0.3 is 16.2 Å². The highest BCUT2D eigenvalue weighted by Crippen LogP contribution is 2.18. The molecule has 1 fully saturated rings. The number of aliphatic hydroxyl groups excluding tert-OH is 1. The number of nitrogens with two attached hydrogens (primary N) is 1. The summed E-state index contributed by atoms with van der Waals surface area (Å²) in [5, 5.41) is 12.7. The Kier molecular flexibility index (Phi) is 6.99. The highest BCUT2D eigenvalue weighted by atomic mass is 35.5. The molecule has 0 spiro atoms. The third-order valence-corrected chi connectivity index (χ3v) is 3.69. The van der Waals surface area contributed by atoms with Gasteiger partial charge in [0.25, 0.3) is 0 Å². The van der Waals surface area contributed by atoms with E-state index >= 15 is 0 Å². The van der Waals surface area contributed by atoms with Crippen LogP contribution in [-0.4, -0.2) is 29.2 Å². The SMILES string of the molecule is Cl.N[C@@H](Cc1ccccc1)C(=O)N[C@H]1CCCC[C@@H]1O. The number of hydrogen-bond acceptors (Lipinski definition) is 3. The third-order valence-electron chi connectivity index (χ3n) is 3.69. The van der Waals surface area contributed by atoms with E-state index < -0.39 is 12.1 Å². The second-order valence-corrected chi connectivity index (χ2v) is 5.26. The lowest BCUT2D eigenvalue weighted by Crippen LogP contribution is -2.51. The topological polar surface area (TPSA) is 75.4 Å². The molecule has 4 N–H and O–H groups in total. The Labute approximate surface area is 126 Å². The lowest BCUT2D eigenvalue weighted by atomic mass is 9.92. The van der Waals surface area contributed by atoms with Crippen molar-refractivity contribution < 1.29 is 9.90 Å². The number of aliphatic hydroxyl groups is 1. The summed E-state index contributed by atoms with van der Waals surface area (Å²) in [7, 11) is 0. The Hall–Kier alpha value is -1.10. The van der Waals surface area contributed by atoms with Crippen LogP contribution in [0, 0.1) is 0 Å². The molecule has 0 heterocycles. The number of carbonyl (C=O) groups is 1. The van der Waals surface area contributed by atoms with Gasteiger partial charge in [-0.05, 0) is 24.8 Å². The van der Waals surface area contributed by atoms with Crippen molar-refractivity contribution in [2.24, 2.45) is 5.73 Å². The minimum atomic E-state index is -0.559. The Morgan fingerprint density at radius 1 is 1.30 bits per heavy atom. The molecule has 0 unspecified atom stereocenters. The molecule has 1 aliphatic rings. The van der Waals surface area contributed by atoms with Crippen molar-refractivity contribution in [3.05, 3.63) is 35.9 Å². The van der Waals surface area contributed by atoms with E-state index in [1.807, 2.05) is 30.3 Å². The molecule has 0 aliphatic heterocycles. The fourth-order valence-electron chi connectivity index (χ4n) is 2.53. The lowest BCUT2D eigenvalue weighted by molar-refractivity contribution is -0.124. The van der Waals surface area contributed by atoms with Gasteiger partial charge in [-0.15, -0.1) is 12.4 Å². The Morgan fingerprint density at radius 3 is 2.60 bits per heavy atom. The van der Waals surface area contributed by atoms with Crippen LogP contribution in [0.15, 0.2) is 30.3 Å². The molecule has 0 bridgehead atoms. The van der Waals surface area contributed by atoms with Gasteiger partial charge in [0.1, 0.15) is 0 Å². The Balaban J connectivity index is 0.00000200. The van der Waals surface area contributed by atoms with Crippen LogP contribution < -0.4 is 11.1 Å².